The number of nitrogens with zero attached hydrogens (tertiary/aromatic N) is 3. The second-order valence-corrected chi connectivity index (χ2v) is 4.26. The average molecular weight is 221 g/mol. The summed E-state index contributed by atoms with van der Waals surface area (Å²) in [7, 11) is 0. The fourth-order valence-corrected chi connectivity index (χ4v) is 2.19. The maximum absolute atomic E-state index is 9.33. The molecule has 1 aliphatic rings. The van der Waals surface area contributed by atoms with E-state index in [9.17, 15) is 5.11 Å². The van der Waals surface area contributed by atoms with Crippen LogP contribution in [-0.4, -0.2) is 34.5 Å². The minimum Gasteiger partial charge on any atom is -0.394 e. The third-order valence-electron chi connectivity index (χ3n) is 3.20. The van der Waals surface area contributed by atoms with Crippen molar-refractivity contribution in [1.82, 2.24) is 10.2 Å². The lowest BCUT2D eigenvalue weighted by atomic mass is 10.0. The molecule has 1 fully saturated rings. The van der Waals surface area contributed by atoms with Gasteiger partial charge in [0.05, 0.1) is 18.3 Å². The highest BCUT2D eigenvalue weighted by Gasteiger charge is 2.22. The molecule has 0 amide bonds. The molecule has 2 heterocycles. The SMILES string of the molecule is CCc1ccc(N2CCCCC2CO)nn1. The molecule has 1 saturated heterocycles. The van der Waals surface area contributed by atoms with E-state index >= 15 is 0 Å². The number of anilines is 1. The van der Waals surface area contributed by atoms with E-state index in [1.54, 1.807) is 0 Å². The van der Waals surface area contributed by atoms with E-state index in [0.29, 0.717) is 0 Å². The van der Waals surface area contributed by atoms with Crippen LogP contribution in [0.25, 0.3) is 0 Å². The molecule has 1 unspecified atom stereocenters. The molecule has 0 saturated carbocycles. The lowest BCUT2D eigenvalue weighted by Crippen LogP contribution is -2.42. The van der Waals surface area contributed by atoms with Crippen LogP contribution in [0.3, 0.4) is 0 Å². The molecule has 1 atom stereocenters. The first-order chi connectivity index (χ1) is 7.85. The third kappa shape index (κ3) is 2.32. The highest BCUT2D eigenvalue weighted by Crippen LogP contribution is 2.22. The van der Waals surface area contributed by atoms with Gasteiger partial charge in [0, 0.05) is 6.54 Å². The zero-order chi connectivity index (χ0) is 11.4. The Bertz CT molecular complexity index is 326. The molecule has 1 N–H and O–H groups in total. The Kier molecular flexibility index (Phi) is 3.72. The summed E-state index contributed by atoms with van der Waals surface area (Å²) in [6.07, 6.45) is 4.33. The number of hydrogen-bond donors (Lipinski definition) is 1. The third-order valence-corrected chi connectivity index (χ3v) is 3.20. The van der Waals surface area contributed by atoms with Crippen molar-refractivity contribution < 1.29 is 5.11 Å². The molecule has 4 heteroatoms. The van der Waals surface area contributed by atoms with Crippen LogP contribution < -0.4 is 4.90 Å². The van der Waals surface area contributed by atoms with Gasteiger partial charge in [-0.25, -0.2) is 0 Å². The first-order valence-electron chi connectivity index (χ1n) is 6.05. The van der Waals surface area contributed by atoms with E-state index in [1.165, 1.54) is 12.8 Å². The van der Waals surface area contributed by atoms with Crippen molar-refractivity contribution in [2.75, 3.05) is 18.1 Å². The van der Waals surface area contributed by atoms with Crippen molar-refractivity contribution in [1.29, 1.82) is 0 Å². The van der Waals surface area contributed by atoms with Crippen molar-refractivity contribution in [2.24, 2.45) is 0 Å². The minimum absolute atomic E-state index is 0.206. The molecule has 4 nitrogen and oxygen atoms in total. The first kappa shape index (κ1) is 11.3. The molecule has 0 aliphatic carbocycles. The van der Waals surface area contributed by atoms with Crippen LogP contribution in [0, 0.1) is 0 Å². The molecule has 1 aromatic heterocycles. The van der Waals surface area contributed by atoms with Crippen molar-refractivity contribution >= 4 is 5.82 Å². The van der Waals surface area contributed by atoms with Gasteiger partial charge in [0.1, 0.15) is 0 Å². The first-order valence-corrected chi connectivity index (χ1v) is 6.05. The highest BCUT2D eigenvalue weighted by atomic mass is 16.3. The minimum atomic E-state index is 0.206. The largest absolute Gasteiger partial charge is 0.394 e. The van der Waals surface area contributed by atoms with Crippen molar-refractivity contribution in [3.8, 4) is 0 Å². The summed E-state index contributed by atoms with van der Waals surface area (Å²) in [5, 5.41) is 17.7. The van der Waals surface area contributed by atoms with Crippen LogP contribution in [0.15, 0.2) is 12.1 Å². The van der Waals surface area contributed by atoms with Crippen molar-refractivity contribution in [3.63, 3.8) is 0 Å². The number of rotatable bonds is 3. The monoisotopic (exact) mass is 221 g/mol. The van der Waals surface area contributed by atoms with Gasteiger partial charge in [-0.3, -0.25) is 0 Å². The molecule has 0 radical (unpaired) electrons. The van der Waals surface area contributed by atoms with E-state index in [1.807, 2.05) is 12.1 Å². The Morgan fingerprint density at radius 3 is 2.88 bits per heavy atom. The number of aryl methyl sites for hydroxylation is 1. The van der Waals surface area contributed by atoms with Gasteiger partial charge in [-0.1, -0.05) is 6.92 Å². The van der Waals surface area contributed by atoms with Crippen LogP contribution in [0.4, 0.5) is 5.82 Å². The van der Waals surface area contributed by atoms with Gasteiger partial charge in [-0.05, 0) is 37.8 Å². The summed E-state index contributed by atoms with van der Waals surface area (Å²) in [5.41, 5.74) is 1.02. The Balaban J connectivity index is 2.14. The highest BCUT2D eigenvalue weighted by molar-refractivity contribution is 5.39. The van der Waals surface area contributed by atoms with Gasteiger partial charge in [0.25, 0.3) is 0 Å². The summed E-state index contributed by atoms with van der Waals surface area (Å²) in [4.78, 5) is 2.18. The van der Waals surface area contributed by atoms with Gasteiger partial charge in [-0.2, -0.15) is 5.10 Å². The van der Waals surface area contributed by atoms with Gasteiger partial charge in [0.15, 0.2) is 5.82 Å². The lowest BCUT2D eigenvalue weighted by molar-refractivity contribution is 0.239. The fourth-order valence-electron chi connectivity index (χ4n) is 2.19. The Morgan fingerprint density at radius 1 is 1.38 bits per heavy atom. The molecule has 16 heavy (non-hydrogen) atoms. The van der Waals surface area contributed by atoms with E-state index < -0.39 is 0 Å². The predicted octanol–water partition coefficient (Wildman–Crippen LogP) is 1.39. The quantitative estimate of drug-likeness (QED) is 0.838. The normalized spacial score (nSPS) is 21.1. The van der Waals surface area contributed by atoms with Gasteiger partial charge >= 0.3 is 0 Å². The second kappa shape index (κ2) is 5.25. The zero-order valence-corrected chi connectivity index (χ0v) is 9.76. The van der Waals surface area contributed by atoms with Gasteiger partial charge in [-0.15, -0.1) is 5.10 Å². The molecule has 1 aliphatic heterocycles. The fraction of sp³-hybridized carbons (Fsp3) is 0.667. The molecule has 1 aromatic rings. The number of piperidine rings is 1. The second-order valence-electron chi connectivity index (χ2n) is 4.26. The Labute approximate surface area is 96.3 Å². The molecule has 0 spiro atoms. The number of aliphatic hydroxyl groups excluding tert-OH is 1. The molecule has 0 aromatic carbocycles. The topological polar surface area (TPSA) is 49.2 Å². The van der Waals surface area contributed by atoms with E-state index in [0.717, 1.165) is 30.9 Å². The maximum atomic E-state index is 9.33. The summed E-state index contributed by atoms with van der Waals surface area (Å²) >= 11 is 0. The Hall–Kier alpha value is -1.16. The zero-order valence-electron chi connectivity index (χ0n) is 9.76. The van der Waals surface area contributed by atoms with E-state index in [-0.39, 0.29) is 12.6 Å². The molecular weight excluding hydrogens is 202 g/mol. The summed E-state index contributed by atoms with van der Waals surface area (Å²) in [5.74, 6) is 0.899. The van der Waals surface area contributed by atoms with Crippen LogP contribution in [-0.2, 0) is 6.42 Å². The summed E-state index contributed by atoms with van der Waals surface area (Å²) in [6.45, 7) is 3.25. The lowest BCUT2D eigenvalue weighted by Gasteiger charge is -2.35. The maximum Gasteiger partial charge on any atom is 0.151 e. The molecular formula is C12H19N3O. The number of aliphatic hydroxyl groups is 1. The molecule has 0 bridgehead atoms. The van der Waals surface area contributed by atoms with Crippen LogP contribution in [0.2, 0.25) is 0 Å². The number of aromatic nitrogens is 2. The molecule has 2 rings (SSSR count). The van der Waals surface area contributed by atoms with Crippen molar-refractivity contribution in [3.05, 3.63) is 17.8 Å². The van der Waals surface area contributed by atoms with Crippen molar-refractivity contribution in [2.45, 2.75) is 38.6 Å². The van der Waals surface area contributed by atoms with Gasteiger partial charge < -0.3 is 10.0 Å². The number of hydrogen-bond acceptors (Lipinski definition) is 4. The summed E-state index contributed by atoms with van der Waals surface area (Å²) < 4.78 is 0. The average Bonchev–Trinajstić information content (AvgIpc) is 2.39. The smallest absolute Gasteiger partial charge is 0.151 e. The van der Waals surface area contributed by atoms with Crippen LogP contribution >= 0.6 is 0 Å². The van der Waals surface area contributed by atoms with Crippen LogP contribution in [0.1, 0.15) is 31.9 Å². The van der Waals surface area contributed by atoms with Crippen LogP contribution in [0.5, 0.6) is 0 Å². The standard InChI is InChI=1S/C12H19N3O/c1-2-10-6-7-12(14-13-10)15-8-4-3-5-11(15)9-16/h6-7,11,16H,2-5,8-9H2,1H3. The molecule has 88 valence electrons. The Morgan fingerprint density at radius 2 is 2.25 bits per heavy atom. The van der Waals surface area contributed by atoms with E-state index in [2.05, 4.69) is 22.0 Å². The van der Waals surface area contributed by atoms with Gasteiger partial charge in [0.2, 0.25) is 0 Å². The van der Waals surface area contributed by atoms with E-state index in [4.69, 9.17) is 0 Å². The predicted molar refractivity (Wildman–Crippen MR) is 63.5 cm³/mol. The summed E-state index contributed by atoms with van der Waals surface area (Å²) in [6, 6.07) is 4.25.